The summed E-state index contributed by atoms with van der Waals surface area (Å²) in [7, 11) is 0. The van der Waals surface area contributed by atoms with Gasteiger partial charge in [-0.05, 0) is 69.9 Å². The van der Waals surface area contributed by atoms with Crippen LogP contribution in [0.25, 0.3) is 0 Å². The topological polar surface area (TPSA) is 140 Å². The van der Waals surface area contributed by atoms with E-state index in [2.05, 4.69) is 4.98 Å². The number of hydrogen-bond donors (Lipinski definition) is 2. The van der Waals surface area contributed by atoms with Crippen LogP contribution in [-0.2, 0) is 16.1 Å². The molecule has 3 aromatic rings. The molecule has 0 aliphatic carbocycles. The third-order valence-electron chi connectivity index (χ3n) is 8.34. The van der Waals surface area contributed by atoms with Crippen LogP contribution in [0.15, 0.2) is 65.7 Å². The first-order valence-corrected chi connectivity index (χ1v) is 15.5. The Morgan fingerprint density at radius 3 is 2.36 bits per heavy atom. The predicted octanol–water partition coefficient (Wildman–Crippen LogP) is 4.67. The van der Waals surface area contributed by atoms with Crippen molar-refractivity contribution >= 4 is 29.3 Å². The van der Waals surface area contributed by atoms with Gasteiger partial charge in [-0.1, -0.05) is 41.9 Å². The highest BCUT2D eigenvalue weighted by atomic mass is 35.5. The number of rotatable bonds is 6. The first-order chi connectivity index (χ1) is 21.3. The number of aliphatic hydroxyl groups is 1. The summed E-state index contributed by atoms with van der Waals surface area (Å²) in [5.41, 5.74) is 4.51. The van der Waals surface area contributed by atoms with E-state index in [0.717, 1.165) is 5.56 Å². The maximum atomic E-state index is 13.9. The summed E-state index contributed by atoms with van der Waals surface area (Å²) in [4.78, 5) is 47.5. The summed E-state index contributed by atoms with van der Waals surface area (Å²) >= 11 is 5.92. The molecule has 0 spiro atoms. The predicted molar refractivity (Wildman–Crippen MR) is 170 cm³/mol. The van der Waals surface area contributed by atoms with Crippen molar-refractivity contribution in [2.75, 3.05) is 31.9 Å². The zero-order valence-corrected chi connectivity index (χ0v) is 26.6. The second kappa shape index (κ2) is 13.1. The number of carbonyl (C=O) groups excluding carboxylic acids is 2. The average Bonchev–Trinajstić information content (AvgIpc) is 3.01. The number of aromatic nitrogens is 2. The van der Waals surface area contributed by atoms with Crippen molar-refractivity contribution < 1.29 is 24.2 Å². The van der Waals surface area contributed by atoms with Crippen LogP contribution >= 0.6 is 11.6 Å². The first-order valence-electron chi connectivity index (χ1n) is 15.1. The van der Waals surface area contributed by atoms with Gasteiger partial charge >= 0.3 is 6.09 Å². The maximum absolute atomic E-state index is 13.9. The number of anilines is 1. The zero-order valence-electron chi connectivity index (χ0n) is 25.8. The number of nitrogen functional groups attached to an aromatic ring is 1. The second-order valence-electron chi connectivity index (χ2n) is 12.8. The van der Waals surface area contributed by atoms with Crippen LogP contribution in [0, 0.1) is 5.92 Å². The molecule has 12 heteroatoms. The van der Waals surface area contributed by atoms with E-state index < -0.39 is 16.8 Å². The molecule has 3 heterocycles. The SMILES string of the molecule is CC(C)(C)OC(=O)N1CC[C@@H](C(=O)N2CCC(O)(Cn3cnc(Oc4ccc(Cl)cc4)c(N)c3=O)CC2)[C@H](c2ccccc2)C1. The number of benzene rings is 2. The van der Waals surface area contributed by atoms with Gasteiger partial charge in [-0.2, -0.15) is 0 Å². The lowest BCUT2D eigenvalue weighted by molar-refractivity contribution is -0.142. The lowest BCUT2D eigenvalue weighted by Crippen LogP contribution is -2.53. The standard InChI is InChI=1S/C33H40ClN5O6/c1-32(2,3)45-31(42)38-16-13-25(26(19-38)22-7-5-4-6-8-22)29(40)37-17-14-33(43,15-18-37)20-39-21-36-28(27(35)30(39)41)44-24-11-9-23(34)10-12-24/h4-12,21,25-26,43H,13-20,35H2,1-3H3/t25-,26+/m1/s1. The minimum absolute atomic E-state index is 0.00141. The Labute approximate surface area is 267 Å². The molecule has 0 radical (unpaired) electrons. The number of amides is 2. The van der Waals surface area contributed by atoms with E-state index in [0.29, 0.717) is 43.4 Å². The van der Waals surface area contributed by atoms with Crippen molar-refractivity contribution in [3.05, 3.63) is 81.9 Å². The van der Waals surface area contributed by atoms with E-state index in [4.69, 9.17) is 26.8 Å². The molecule has 11 nitrogen and oxygen atoms in total. The molecule has 0 saturated carbocycles. The van der Waals surface area contributed by atoms with Gasteiger partial charge in [0.2, 0.25) is 11.8 Å². The highest BCUT2D eigenvalue weighted by molar-refractivity contribution is 6.30. The molecule has 1 aromatic heterocycles. The Kier molecular flexibility index (Phi) is 9.41. The lowest BCUT2D eigenvalue weighted by atomic mass is 9.79. The van der Waals surface area contributed by atoms with Crippen molar-refractivity contribution in [1.82, 2.24) is 19.4 Å². The van der Waals surface area contributed by atoms with Crippen LogP contribution in [0.4, 0.5) is 10.5 Å². The van der Waals surface area contributed by atoms with E-state index >= 15 is 0 Å². The highest BCUT2D eigenvalue weighted by Crippen LogP contribution is 2.36. The molecule has 0 bridgehead atoms. The molecule has 0 unspecified atom stereocenters. The molecule has 2 saturated heterocycles. The summed E-state index contributed by atoms with van der Waals surface area (Å²) in [5, 5.41) is 12.0. The number of nitrogens with two attached hydrogens (primary N) is 1. The number of carbonyl (C=O) groups is 2. The van der Waals surface area contributed by atoms with Crippen molar-refractivity contribution in [3.63, 3.8) is 0 Å². The number of nitrogens with zero attached hydrogens (tertiary/aromatic N) is 4. The normalized spacial score (nSPS) is 20.0. The monoisotopic (exact) mass is 637 g/mol. The summed E-state index contributed by atoms with van der Waals surface area (Å²) in [6, 6.07) is 16.3. The van der Waals surface area contributed by atoms with Crippen molar-refractivity contribution in [2.45, 2.75) is 63.7 Å². The van der Waals surface area contributed by atoms with Crippen LogP contribution in [0.3, 0.4) is 0 Å². The number of piperidine rings is 2. The summed E-state index contributed by atoms with van der Waals surface area (Å²) in [5.74, 6) is -0.117. The third kappa shape index (κ3) is 7.77. The number of likely N-dealkylation sites (tertiary alicyclic amines) is 2. The molecular formula is C33H40ClN5O6. The number of ether oxygens (including phenoxy) is 2. The minimum atomic E-state index is -1.23. The van der Waals surface area contributed by atoms with Gasteiger partial charge < -0.3 is 30.1 Å². The van der Waals surface area contributed by atoms with Gasteiger partial charge in [-0.15, -0.1) is 0 Å². The summed E-state index contributed by atoms with van der Waals surface area (Å²) in [6.45, 7) is 6.94. The summed E-state index contributed by atoms with van der Waals surface area (Å²) < 4.78 is 12.5. The fourth-order valence-corrected chi connectivity index (χ4v) is 6.06. The van der Waals surface area contributed by atoms with E-state index in [1.807, 2.05) is 51.1 Å². The van der Waals surface area contributed by atoms with Crippen LogP contribution in [-0.4, -0.2) is 73.8 Å². The number of hydrogen-bond acceptors (Lipinski definition) is 8. The third-order valence-corrected chi connectivity index (χ3v) is 8.60. The van der Waals surface area contributed by atoms with Gasteiger partial charge in [-0.3, -0.25) is 14.2 Å². The van der Waals surface area contributed by atoms with Gasteiger partial charge in [0, 0.05) is 43.0 Å². The molecule has 2 aromatic carbocycles. The molecule has 5 rings (SSSR count). The zero-order chi connectivity index (χ0) is 32.4. The quantitative estimate of drug-likeness (QED) is 0.398. The van der Waals surface area contributed by atoms with E-state index in [1.54, 1.807) is 34.1 Å². The van der Waals surface area contributed by atoms with E-state index in [1.165, 1.54) is 10.9 Å². The Morgan fingerprint density at radius 1 is 1.04 bits per heavy atom. The Bertz CT molecular complexity index is 1570. The second-order valence-corrected chi connectivity index (χ2v) is 13.3. The van der Waals surface area contributed by atoms with Crippen LogP contribution in [0.2, 0.25) is 5.02 Å². The van der Waals surface area contributed by atoms with Crippen molar-refractivity contribution in [2.24, 2.45) is 5.92 Å². The van der Waals surface area contributed by atoms with Gasteiger partial charge in [-0.25, -0.2) is 9.78 Å². The average molecular weight is 638 g/mol. The number of halogens is 1. The largest absolute Gasteiger partial charge is 0.444 e. The van der Waals surface area contributed by atoms with Gasteiger partial charge in [0.1, 0.15) is 17.7 Å². The molecule has 2 atom stereocenters. The van der Waals surface area contributed by atoms with Crippen molar-refractivity contribution in [3.8, 4) is 11.6 Å². The van der Waals surface area contributed by atoms with Gasteiger partial charge in [0.15, 0.2) is 5.69 Å². The maximum Gasteiger partial charge on any atom is 0.410 e. The lowest BCUT2D eigenvalue weighted by Gasteiger charge is -2.43. The fraction of sp³-hybridized carbons (Fsp3) is 0.455. The molecule has 2 fully saturated rings. The van der Waals surface area contributed by atoms with E-state index in [9.17, 15) is 19.5 Å². The summed E-state index contributed by atoms with van der Waals surface area (Å²) in [6.07, 6.45) is 1.99. The Morgan fingerprint density at radius 2 is 1.71 bits per heavy atom. The molecule has 2 aliphatic rings. The van der Waals surface area contributed by atoms with Gasteiger partial charge in [0.05, 0.1) is 12.1 Å². The molecular weight excluding hydrogens is 598 g/mol. The van der Waals surface area contributed by atoms with Gasteiger partial charge in [0.25, 0.3) is 5.56 Å². The molecule has 240 valence electrons. The molecule has 2 aliphatic heterocycles. The minimum Gasteiger partial charge on any atom is -0.444 e. The fourth-order valence-electron chi connectivity index (χ4n) is 5.93. The van der Waals surface area contributed by atoms with Crippen LogP contribution < -0.4 is 16.0 Å². The molecule has 45 heavy (non-hydrogen) atoms. The smallest absolute Gasteiger partial charge is 0.410 e. The first kappa shape index (κ1) is 32.3. The van der Waals surface area contributed by atoms with E-state index in [-0.39, 0.29) is 54.8 Å². The molecule has 2 amide bonds. The molecule has 3 N–H and O–H groups in total. The Hall–Kier alpha value is -4.09. The van der Waals surface area contributed by atoms with Crippen LogP contribution in [0.5, 0.6) is 11.6 Å². The van der Waals surface area contributed by atoms with Crippen LogP contribution in [0.1, 0.15) is 51.5 Å². The van der Waals surface area contributed by atoms with Crippen molar-refractivity contribution in [1.29, 1.82) is 0 Å². The Balaban J connectivity index is 1.24. The highest BCUT2D eigenvalue weighted by Gasteiger charge is 2.42.